The first-order valence-electron chi connectivity index (χ1n) is 3.21. The van der Waals surface area contributed by atoms with Gasteiger partial charge in [0.2, 0.25) is 0 Å². The van der Waals surface area contributed by atoms with Crippen molar-refractivity contribution in [2.24, 2.45) is 0 Å². The maximum Gasteiger partial charge on any atom is 0.0362 e. The molecule has 0 bridgehead atoms. The van der Waals surface area contributed by atoms with E-state index in [4.69, 9.17) is 0 Å². The molecule has 0 saturated carbocycles. The van der Waals surface area contributed by atoms with E-state index >= 15 is 0 Å². The second kappa shape index (κ2) is 3.05. The first kappa shape index (κ1) is 6.05. The lowest BCUT2D eigenvalue weighted by Crippen LogP contribution is -2.40. The summed E-state index contributed by atoms with van der Waals surface area (Å²) >= 11 is 0. The average Bonchev–Trinajstić information content (AvgIpc) is 1.90. The van der Waals surface area contributed by atoms with E-state index in [0.717, 1.165) is 13.1 Å². The smallest absolute Gasteiger partial charge is 0.0362 e. The molecule has 1 N–H and O–H groups in total. The minimum atomic E-state index is 1.11. The van der Waals surface area contributed by atoms with E-state index in [2.05, 4.69) is 23.7 Å². The van der Waals surface area contributed by atoms with E-state index in [-0.39, 0.29) is 0 Å². The molecule has 1 fully saturated rings. The van der Waals surface area contributed by atoms with Crippen LogP contribution in [0.15, 0.2) is 0 Å². The van der Waals surface area contributed by atoms with Crippen LogP contribution in [0.25, 0.3) is 0 Å². The first-order valence-corrected chi connectivity index (χ1v) is 3.21. The summed E-state index contributed by atoms with van der Waals surface area (Å²) in [7, 11) is 0. The van der Waals surface area contributed by atoms with Crippen molar-refractivity contribution >= 4 is 0 Å². The molecule has 2 heteroatoms. The van der Waals surface area contributed by atoms with Crippen LogP contribution in [0.2, 0.25) is 0 Å². The number of likely N-dealkylation sites (N-methyl/N-ethyl adjacent to an activating group) is 1. The van der Waals surface area contributed by atoms with Crippen molar-refractivity contribution in [3.63, 3.8) is 0 Å². The van der Waals surface area contributed by atoms with Gasteiger partial charge in [-0.2, -0.15) is 0 Å². The number of piperazine rings is 1. The van der Waals surface area contributed by atoms with Gasteiger partial charge in [0.15, 0.2) is 0 Å². The van der Waals surface area contributed by atoms with Crippen LogP contribution in [0.4, 0.5) is 0 Å². The van der Waals surface area contributed by atoms with Gasteiger partial charge < -0.3 is 10.2 Å². The standard InChI is InChI=1S/C6H13N2/c1-2-8-5-3-7-4-6-8/h3,7H,2,4-6H2,1H3. The summed E-state index contributed by atoms with van der Waals surface area (Å²) in [6.07, 6.45) is 0. The molecule has 0 aromatic carbocycles. The first-order chi connectivity index (χ1) is 3.93. The lowest BCUT2D eigenvalue weighted by Gasteiger charge is -2.24. The number of rotatable bonds is 1. The Hall–Kier alpha value is -0.0800. The van der Waals surface area contributed by atoms with Crippen LogP contribution in [-0.2, 0) is 0 Å². The molecule has 1 heterocycles. The molecule has 0 aromatic rings. The molecule has 0 amide bonds. The lowest BCUT2D eigenvalue weighted by atomic mass is 10.4. The zero-order chi connectivity index (χ0) is 5.82. The van der Waals surface area contributed by atoms with Gasteiger partial charge in [-0.25, -0.2) is 0 Å². The number of hydrogen-bond acceptors (Lipinski definition) is 2. The third-order valence-corrected chi connectivity index (χ3v) is 1.51. The van der Waals surface area contributed by atoms with Gasteiger partial charge >= 0.3 is 0 Å². The molecule has 0 aromatic heterocycles. The topological polar surface area (TPSA) is 15.3 Å². The molecule has 1 aliphatic rings. The highest BCUT2D eigenvalue weighted by Crippen LogP contribution is 1.91. The Morgan fingerprint density at radius 1 is 1.75 bits per heavy atom. The Bertz CT molecular complexity index is 57.5. The largest absolute Gasteiger partial charge is 0.310 e. The van der Waals surface area contributed by atoms with Gasteiger partial charge in [0.05, 0.1) is 0 Å². The molecule has 0 atom stereocenters. The maximum atomic E-state index is 3.18. The van der Waals surface area contributed by atoms with E-state index in [1.54, 1.807) is 0 Å². The van der Waals surface area contributed by atoms with Crippen molar-refractivity contribution < 1.29 is 0 Å². The summed E-state index contributed by atoms with van der Waals surface area (Å²) in [5.74, 6) is 0. The van der Waals surface area contributed by atoms with Crippen LogP contribution in [0.3, 0.4) is 0 Å². The second-order valence-electron chi connectivity index (χ2n) is 2.05. The van der Waals surface area contributed by atoms with Crippen LogP contribution >= 0.6 is 0 Å². The molecule has 1 saturated heterocycles. The summed E-state index contributed by atoms with van der Waals surface area (Å²) in [5.41, 5.74) is 0. The molecule has 0 spiro atoms. The van der Waals surface area contributed by atoms with E-state index in [0.29, 0.717) is 0 Å². The third-order valence-electron chi connectivity index (χ3n) is 1.51. The zero-order valence-electron chi connectivity index (χ0n) is 5.35. The predicted molar refractivity (Wildman–Crippen MR) is 34.4 cm³/mol. The Kier molecular flexibility index (Phi) is 2.30. The molecule has 2 nitrogen and oxygen atoms in total. The molecule has 0 unspecified atom stereocenters. The van der Waals surface area contributed by atoms with E-state index in [9.17, 15) is 0 Å². The minimum Gasteiger partial charge on any atom is -0.310 e. The Balaban J connectivity index is 2.13. The molecule has 1 radical (unpaired) electrons. The summed E-state index contributed by atoms with van der Waals surface area (Å²) in [4.78, 5) is 2.40. The minimum absolute atomic E-state index is 1.11. The van der Waals surface area contributed by atoms with E-state index in [1.165, 1.54) is 13.1 Å². The van der Waals surface area contributed by atoms with Crippen molar-refractivity contribution in [3.8, 4) is 0 Å². The van der Waals surface area contributed by atoms with Gasteiger partial charge in [-0.15, -0.1) is 0 Å². The van der Waals surface area contributed by atoms with Gasteiger partial charge in [-0.05, 0) is 6.54 Å². The normalized spacial score (nSPS) is 23.6. The number of nitrogens with zero attached hydrogens (tertiary/aromatic N) is 1. The Morgan fingerprint density at radius 2 is 2.62 bits per heavy atom. The van der Waals surface area contributed by atoms with E-state index < -0.39 is 0 Å². The van der Waals surface area contributed by atoms with Gasteiger partial charge in [0.1, 0.15) is 0 Å². The zero-order valence-corrected chi connectivity index (χ0v) is 5.35. The molecule has 0 aliphatic carbocycles. The molecule has 1 rings (SSSR count). The predicted octanol–water partition coefficient (Wildman–Crippen LogP) is 0.0733. The summed E-state index contributed by atoms with van der Waals surface area (Å²) in [6.45, 7) is 8.92. The summed E-state index contributed by atoms with van der Waals surface area (Å²) < 4.78 is 0. The third kappa shape index (κ3) is 1.46. The molecular weight excluding hydrogens is 100 g/mol. The van der Waals surface area contributed by atoms with E-state index in [1.807, 2.05) is 0 Å². The second-order valence-corrected chi connectivity index (χ2v) is 2.05. The van der Waals surface area contributed by atoms with Crippen LogP contribution in [0.5, 0.6) is 0 Å². The highest BCUT2D eigenvalue weighted by Gasteiger charge is 2.05. The van der Waals surface area contributed by atoms with Crippen LogP contribution < -0.4 is 5.32 Å². The average molecular weight is 113 g/mol. The molecule has 47 valence electrons. The molecule has 1 aliphatic heterocycles. The fourth-order valence-electron chi connectivity index (χ4n) is 0.897. The number of hydrogen-bond donors (Lipinski definition) is 1. The van der Waals surface area contributed by atoms with Gasteiger partial charge in [0.25, 0.3) is 0 Å². The molecule has 8 heavy (non-hydrogen) atoms. The van der Waals surface area contributed by atoms with Gasteiger partial charge in [-0.3, -0.25) is 0 Å². The summed E-state index contributed by atoms with van der Waals surface area (Å²) in [6, 6.07) is 0. The number of nitrogens with one attached hydrogen (secondary N) is 1. The van der Waals surface area contributed by atoms with Crippen molar-refractivity contribution in [1.29, 1.82) is 0 Å². The van der Waals surface area contributed by atoms with Gasteiger partial charge in [-0.1, -0.05) is 6.92 Å². The highest BCUT2D eigenvalue weighted by molar-refractivity contribution is 4.74. The quantitative estimate of drug-likeness (QED) is 0.518. The summed E-state index contributed by atoms with van der Waals surface area (Å²) in [5, 5.41) is 3.18. The maximum absolute atomic E-state index is 3.18. The Morgan fingerprint density at radius 3 is 3.00 bits per heavy atom. The SMILES string of the molecule is CCN1C[CH]NCC1. The highest BCUT2D eigenvalue weighted by atomic mass is 15.2. The van der Waals surface area contributed by atoms with Crippen molar-refractivity contribution in [2.75, 3.05) is 26.2 Å². The van der Waals surface area contributed by atoms with Crippen molar-refractivity contribution in [3.05, 3.63) is 6.54 Å². The van der Waals surface area contributed by atoms with Crippen LogP contribution in [0.1, 0.15) is 6.92 Å². The van der Waals surface area contributed by atoms with Crippen molar-refractivity contribution in [2.45, 2.75) is 6.92 Å². The van der Waals surface area contributed by atoms with Crippen molar-refractivity contribution in [1.82, 2.24) is 10.2 Å². The lowest BCUT2D eigenvalue weighted by molar-refractivity contribution is 0.277. The Labute approximate surface area is 50.9 Å². The fourth-order valence-corrected chi connectivity index (χ4v) is 0.897. The van der Waals surface area contributed by atoms with Gasteiger partial charge in [0, 0.05) is 26.2 Å². The fraction of sp³-hybridized carbons (Fsp3) is 0.833. The van der Waals surface area contributed by atoms with Crippen LogP contribution in [0, 0.1) is 6.54 Å². The molecular formula is C6H13N2. The monoisotopic (exact) mass is 113 g/mol. The van der Waals surface area contributed by atoms with Crippen LogP contribution in [-0.4, -0.2) is 31.1 Å².